The average molecular weight is 1080 g/mol. The van der Waals surface area contributed by atoms with Crippen molar-refractivity contribution in [3.05, 3.63) is 342 Å². The van der Waals surface area contributed by atoms with Crippen LogP contribution in [0.5, 0.6) is 0 Å². The van der Waals surface area contributed by atoms with Gasteiger partial charge in [-0.15, -0.1) is 30.0 Å². The smallest absolute Gasteiger partial charge is 0.232 e. The molecule has 0 spiro atoms. The van der Waals surface area contributed by atoms with Crippen LogP contribution in [0, 0.1) is 0 Å². The number of nitrogens with zero attached hydrogens (tertiary/aromatic N) is 10. The number of aromatic nitrogens is 10. The van der Waals surface area contributed by atoms with Gasteiger partial charge >= 0.3 is 0 Å². The molecule has 3 heterocycles. The van der Waals surface area contributed by atoms with Gasteiger partial charge in [0.2, 0.25) is 18.0 Å². The van der Waals surface area contributed by atoms with E-state index in [-0.39, 0.29) is 0 Å². The molecular formula is C73H61N10+. The van der Waals surface area contributed by atoms with E-state index < -0.39 is 11.1 Å². The highest BCUT2D eigenvalue weighted by molar-refractivity contribution is 5.81. The zero-order valence-corrected chi connectivity index (χ0v) is 46.2. The molecule has 0 radical (unpaired) electrons. The fourth-order valence-electron chi connectivity index (χ4n) is 11.9. The Labute approximate surface area is 484 Å². The van der Waals surface area contributed by atoms with E-state index in [1.807, 2.05) is 48.5 Å². The van der Waals surface area contributed by atoms with Crippen LogP contribution >= 0.6 is 0 Å². The summed E-state index contributed by atoms with van der Waals surface area (Å²) in [5, 5.41) is 29.8. The van der Waals surface area contributed by atoms with Crippen molar-refractivity contribution in [1.82, 2.24) is 45.0 Å². The molecule has 13 rings (SSSR count). The lowest BCUT2D eigenvalue weighted by Gasteiger charge is -2.34. The molecule has 10 nitrogen and oxygen atoms in total. The van der Waals surface area contributed by atoms with Crippen molar-refractivity contribution in [3.63, 3.8) is 0 Å². The predicted octanol–water partition coefficient (Wildman–Crippen LogP) is 14.5. The molecule has 0 atom stereocenters. The summed E-state index contributed by atoms with van der Waals surface area (Å²) < 4.78 is 4.73. The number of benzene rings is 10. The van der Waals surface area contributed by atoms with E-state index in [9.17, 15) is 0 Å². The minimum absolute atomic E-state index is 0.556. The third-order valence-corrected chi connectivity index (χ3v) is 15.9. The molecule has 0 saturated carbocycles. The van der Waals surface area contributed by atoms with Crippen LogP contribution in [0.2, 0.25) is 0 Å². The Morgan fingerprint density at radius 2 is 0.711 bits per heavy atom. The zero-order chi connectivity index (χ0) is 55.8. The van der Waals surface area contributed by atoms with Gasteiger partial charge in [0, 0.05) is 17.5 Å². The first-order valence-corrected chi connectivity index (χ1v) is 28.5. The van der Waals surface area contributed by atoms with Crippen LogP contribution in [0.3, 0.4) is 0 Å². The second kappa shape index (κ2) is 23.3. The summed E-state index contributed by atoms with van der Waals surface area (Å²) in [4.78, 5) is 3.58. The van der Waals surface area contributed by atoms with E-state index in [4.69, 9.17) is 30.8 Å². The summed E-state index contributed by atoms with van der Waals surface area (Å²) in [6.45, 7) is 3.75. The average Bonchev–Trinajstić information content (AvgIpc) is 4.36. The van der Waals surface area contributed by atoms with Crippen LogP contribution in [0.25, 0.3) is 45.0 Å². The molecule has 0 unspecified atom stereocenters. The molecule has 0 N–H and O–H groups in total. The van der Waals surface area contributed by atoms with Crippen LogP contribution in [0.15, 0.2) is 292 Å². The Morgan fingerprint density at radius 1 is 0.373 bits per heavy atom. The minimum atomic E-state index is -0.870. The van der Waals surface area contributed by atoms with Crippen molar-refractivity contribution in [1.29, 1.82) is 0 Å². The quantitative estimate of drug-likeness (QED) is 0.0591. The highest BCUT2D eigenvalue weighted by Gasteiger charge is 2.43. The first kappa shape index (κ1) is 52.0. The molecule has 0 bridgehead atoms. The normalized spacial score (nSPS) is 11.7. The van der Waals surface area contributed by atoms with Gasteiger partial charge in [-0.05, 0) is 83.6 Å². The maximum Gasteiger partial charge on any atom is 0.244 e. The van der Waals surface area contributed by atoms with Gasteiger partial charge in [0.15, 0.2) is 11.1 Å². The maximum atomic E-state index is 5.25. The van der Waals surface area contributed by atoms with E-state index >= 15 is 0 Å². The highest BCUT2D eigenvalue weighted by Crippen LogP contribution is 2.42. The second-order valence-electron chi connectivity index (χ2n) is 21.0. The zero-order valence-electron chi connectivity index (χ0n) is 46.2. The number of unbranched alkanes of at least 4 members (excludes halogenated alkanes) is 1. The Hall–Kier alpha value is -10.5. The van der Waals surface area contributed by atoms with Gasteiger partial charge in [-0.25, -0.2) is 9.13 Å². The first-order chi connectivity index (χ1) is 41.1. The summed E-state index contributed by atoms with van der Waals surface area (Å²) in [5.41, 5.74) is 14.3. The van der Waals surface area contributed by atoms with E-state index in [0.717, 1.165) is 99.1 Å². The Morgan fingerprint density at radius 3 is 1.07 bits per heavy atom. The van der Waals surface area contributed by atoms with Gasteiger partial charge in [-0.1, -0.05) is 292 Å². The van der Waals surface area contributed by atoms with E-state index in [0.29, 0.717) is 11.6 Å². The van der Waals surface area contributed by atoms with E-state index in [2.05, 4.69) is 259 Å². The van der Waals surface area contributed by atoms with Gasteiger partial charge in [-0.2, -0.15) is 0 Å². The third-order valence-electron chi connectivity index (χ3n) is 15.9. The van der Waals surface area contributed by atoms with Crippen molar-refractivity contribution in [2.24, 2.45) is 0 Å². The molecule has 0 amide bonds. The fraction of sp³-hybridized carbons (Fsp3) is 0.110. The molecule has 402 valence electrons. The minimum Gasteiger partial charge on any atom is -0.232 e. The third kappa shape index (κ3) is 10.1. The molecule has 10 aromatic carbocycles. The van der Waals surface area contributed by atoms with Crippen molar-refractivity contribution in [2.75, 3.05) is 0 Å². The summed E-state index contributed by atoms with van der Waals surface area (Å²) in [5.74, 6) is 1.11. The summed E-state index contributed by atoms with van der Waals surface area (Å²) in [6, 6.07) is 97.2. The molecule has 83 heavy (non-hydrogen) atoms. The maximum absolute atomic E-state index is 5.25. The SMILES string of the molecule is CCCCc1cn(Cc2ccc(-c3ccccc3-c3nnn(C(c4ccccc4)(c4ccccc4)c4ccccc4)n3)cc2)c[n+]1Cc1ccc(-c2ccccc2-c2nnn(C(c3ccccc3)(c3ccccc3)c3ccccc3)n2)cc1. The summed E-state index contributed by atoms with van der Waals surface area (Å²) >= 11 is 0. The van der Waals surface area contributed by atoms with Gasteiger partial charge in [-0.3, -0.25) is 0 Å². The second-order valence-corrected chi connectivity index (χ2v) is 21.0. The summed E-state index contributed by atoms with van der Waals surface area (Å²) in [6.07, 6.45) is 7.82. The topological polar surface area (TPSA) is 96.0 Å². The molecule has 0 aliphatic rings. The number of tetrazole rings is 2. The van der Waals surface area contributed by atoms with Crippen LogP contribution in [0.1, 0.15) is 70.0 Å². The van der Waals surface area contributed by atoms with Crippen LogP contribution in [-0.2, 0) is 30.6 Å². The molecule has 0 fully saturated rings. The van der Waals surface area contributed by atoms with E-state index in [1.54, 1.807) is 9.59 Å². The van der Waals surface area contributed by atoms with Gasteiger partial charge < -0.3 is 0 Å². The standard InChI is InChI=1S/C73H61N10/c1-2-3-38-65-53-80(51-55-43-47-57(48-44-55)66-39-22-24-41-68(66)70-74-78-82(76-70)72(59-26-10-4-11-27-59,60-28-12-5-13-29-60)61-30-14-6-15-31-61)54-81(65)52-56-45-49-58(50-46-56)67-40-23-25-42-69(67)71-75-79-83(77-71)73(62-32-16-7-17-33-62,63-34-18-8-19-35-63)64-36-20-9-21-37-64/h4-37,39-50,53-54H,2-3,38,51-52H2,1H3/q+1. The molecule has 10 heteroatoms. The first-order valence-electron chi connectivity index (χ1n) is 28.5. The monoisotopic (exact) mass is 1080 g/mol. The van der Waals surface area contributed by atoms with Crippen molar-refractivity contribution < 1.29 is 4.57 Å². The molecular weight excluding hydrogens is 1020 g/mol. The number of aryl methyl sites for hydroxylation is 1. The number of imidazole rings is 1. The lowest BCUT2D eigenvalue weighted by Crippen LogP contribution is -2.39. The van der Waals surface area contributed by atoms with Gasteiger partial charge in [0.25, 0.3) is 0 Å². The number of hydrogen-bond acceptors (Lipinski definition) is 6. The molecule has 13 aromatic rings. The van der Waals surface area contributed by atoms with Crippen molar-refractivity contribution >= 4 is 0 Å². The highest BCUT2D eigenvalue weighted by atomic mass is 15.6. The van der Waals surface area contributed by atoms with Gasteiger partial charge in [0.05, 0.1) is 0 Å². The number of rotatable bonds is 19. The Balaban J connectivity index is 0.752. The molecule has 0 aliphatic carbocycles. The lowest BCUT2D eigenvalue weighted by atomic mass is 9.77. The lowest BCUT2D eigenvalue weighted by molar-refractivity contribution is -0.695. The van der Waals surface area contributed by atoms with Crippen LogP contribution < -0.4 is 4.57 Å². The van der Waals surface area contributed by atoms with Crippen molar-refractivity contribution in [3.8, 4) is 45.0 Å². The van der Waals surface area contributed by atoms with Gasteiger partial charge in [0.1, 0.15) is 25.0 Å². The predicted molar refractivity (Wildman–Crippen MR) is 328 cm³/mol. The largest absolute Gasteiger partial charge is 0.244 e. The molecule has 0 saturated heterocycles. The molecule has 3 aromatic heterocycles. The summed E-state index contributed by atoms with van der Waals surface area (Å²) in [7, 11) is 0. The Kier molecular flexibility index (Phi) is 14.6. The molecule has 0 aliphatic heterocycles. The fourth-order valence-corrected chi connectivity index (χ4v) is 11.9. The number of hydrogen-bond donors (Lipinski definition) is 0. The Bertz CT molecular complexity index is 4020. The van der Waals surface area contributed by atoms with Crippen molar-refractivity contribution in [2.45, 2.75) is 50.4 Å². The van der Waals surface area contributed by atoms with Crippen LogP contribution in [0.4, 0.5) is 0 Å². The van der Waals surface area contributed by atoms with Crippen LogP contribution in [-0.4, -0.2) is 45.0 Å². The van der Waals surface area contributed by atoms with E-state index in [1.165, 1.54) is 16.8 Å².